The van der Waals surface area contributed by atoms with Crippen molar-refractivity contribution in [1.82, 2.24) is 9.13 Å². The molecule has 0 saturated carbocycles. The molecule has 0 fully saturated rings. The minimum atomic E-state index is -0.250. The first-order chi connectivity index (χ1) is 44.4. The molecule has 2 aromatic heterocycles. The highest BCUT2D eigenvalue weighted by atomic mass is 15.2. The Labute approximate surface area is 533 Å². The van der Waals surface area contributed by atoms with Crippen LogP contribution in [0.3, 0.4) is 0 Å². The van der Waals surface area contributed by atoms with E-state index in [4.69, 9.17) is 0 Å². The first-order valence-corrected chi connectivity index (χ1v) is 32.0. The minimum Gasteiger partial charge on any atom is -0.311 e. The van der Waals surface area contributed by atoms with E-state index in [2.05, 4.69) is 358 Å². The molecule has 15 aromatic rings. The molecule has 17 rings (SSSR count). The van der Waals surface area contributed by atoms with Gasteiger partial charge in [-0.1, -0.05) is 248 Å². The van der Waals surface area contributed by atoms with Crippen molar-refractivity contribution in [3.8, 4) is 55.9 Å². The summed E-state index contributed by atoms with van der Waals surface area (Å²) in [5, 5.41) is 4.93. The molecule has 2 aliphatic heterocycles. The Morgan fingerprint density at radius 2 is 0.670 bits per heavy atom. The van der Waals surface area contributed by atoms with Gasteiger partial charge in [-0.05, 0) is 163 Å². The van der Waals surface area contributed by atoms with Crippen molar-refractivity contribution in [2.75, 3.05) is 9.80 Å². The Morgan fingerprint density at radius 1 is 0.264 bits per heavy atom. The molecule has 0 saturated heterocycles. The maximum Gasteiger partial charge on any atom is 0.252 e. The number of hydrogen-bond acceptors (Lipinski definition) is 2. The Kier molecular flexibility index (Phi) is 12.5. The fourth-order valence-corrected chi connectivity index (χ4v) is 14.9. The van der Waals surface area contributed by atoms with Gasteiger partial charge in [0.15, 0.2) is 0 Å². The molecule has 91 heavy (non-hydrogen) atoms. The van der Waals surface area contributed by atoms with Gasteiger partial charge in [-0.25, -0.2) is 0 Å². The monoisotopic (exact) mass is 1170 g/mol. The number of hydrogen-bond donors (Lipinski definition) is 0. The molecule has 0 unspecified atom stereocenters. The molecule has 0 radical (unpaired) electrons. The van der Waals surface area contributed by atoms with Crippen LogP contribution in [0.25, 0.3) is 99.5 Å². The summed E-state index contributed by atoms with van der Waals surface area (Å²) in [7, 11) is 0. The van der Waals surface area contributed by atoms with Gasteiger partial charge in [-0.2, -0.15) is 0 Å². The number of rotatable bonds is 8. The summed E-state index contributed by atoms with van der Waals surface area (Å²) in [6.45, 7) is 14.0. The van der Waals surface area contributed by atoms with Crippen LogP contribution in [0.5, 0.6) is 0 Å². The number of fused-ring (bicyclic) bond motifs is 10. The zero-order valence-corrected chi connectivity index (χ0v) is 52.2. The molecule has 0 aliphatic carbocycles. The van der Waals surface area contributed by atoms with E-state index in [0.717, 1.165) is 39.5 Å². The van der Waals surface area contributed by atoms with Gasteiger partial charge >= 0.3 is 0 Å². The third-order valence-electron chi connectivity index (χ3n) is 19.4. The largest absolute Gasteiger partial charge is 0.311 e. The van der Waals surface area contributed by atoms with Gasteiger partial charge < -0.3 is 18.9 Å². The van der Waals surface area contributed by atoms with Crippen molar-refractivity contribution < 1.29 is 0 Å². The standard InChI is InChI=1S/C86H67BN4/c1-85(2,3)62-50-70(58-30-15-9-16-31-58)84(71(51-62)59-32-17-10-18-33-59)91-79-49-61(57-28-13-8-14-29-57)42-45-73(79)87-74-46-43-66(55-80(74)90(81-52-63(86(4,5)6)53-82(91)83(81)87)64-35-25-34-60(48-64)56-26-11-7-12-27-56)89-77-41-24-21-38-69(77)72-54-65(44-47-78(72)89)88-75-39-22-19-36-67(75)68-37-20-23-40-76(68)88/h7-55H,1-6H3. The predicted molar refractivity (Wildman–Crippen MR) is 388 cm³/mol. The third kappa shape index (κ3) is 8.81. The first-order valence-electron chi connectivity index (χ1n) is 32.0. The quantitative estimate of drug-likeness (QED) is 0.141. The molecular weight excluding hydrogens is 1100 g/mol. The zero-order chi connectivity index (χ0) is 61.3. The lowest BCUT2D eigenvalue weighted by molar-refractivity contribution is 0.590. The number of nitrogens with zero attached hydrogens (tertiary/aromatic N) is 4. The second kappa shape index (κ2) is 20.9. The van der Waals surface area contributed by atoms with E-state index in [9.17, 15) is 0 Å². The Bertz CT molecular complexity index is 5260. The second-order valence-corrected chi connectivity index (χ2v) is 26.9. The molecule has 2 aliphatic rings. The average Bonchev–Trinajstić information content (AvgIpc) is 1.25. The summed E-state index contributed by atoms with van der Waals surface area (Å²) >= 11 is 0. The van der Waals surface area contributed by atoms with Gasteiger partial charge in [0.05, 0.1) is 27.8 Å². The van der Waals surface area contributed by atoms with E-state index in [1.54, 1.807) is 0 Å². The van der Waals surface area contributed by atoms with Crippen LogP contribution < -0.4 is 26.2 Å². The average molecular weight is 1170 g/mol. The van der Waals surface area contributed by atoms with E-state index in [1.807, 2.05) is 0 Å². The van der Waals surface area contributed by atoms with E-state index < -0.39 is 0 Å². The molecule has 4 heterocycles. The van der Waals surface area contributed by atoms with Gasteiger partial charge in [-0.3, -0.25) is 0 Å². The number of anilines is 6. The highest BCUT2D eigenvalue weighted by Crippen LogP contribution is 2.53. The van der Waals surface area contributed by atoms with Crippen LogP contribution in [0, 0.1) is 0 Å². The van der Waals surface area contributed by atoms with Crippen LogP contribution in [0.15, 0.2) is 297 Å². The number of para-hydroxylation sites is 3. The molecule has 0 spiro atoms. The normalized spacial score (nSPS) is 12.9. The van der Waals surface area contributed by atoms with Gasteiger partial charge in [-0.15, -0.1) is 0 Å². The summed E-state index contributed by atoms with van der Waals surface area (Å²) < 4.78 is 4.94. The minimum absolute atomic E-state index is 0.144. The molecule has 5 heteroatoms. The summed E-state index contributed by atoms with van der Waals surface area (Å²) in [5.74, 6) is 0. The number of benzene rings is 13. The predicted octanol–water partition coefficient (Wildman–Crippen LogP) is 21.2. The lowest BCUT2D eigenvalue weighted by Crippen LogP contribution is -2.61. The first kappa shape index (κ1) is 54.3. The molecule has 0 atom stereocenters. The fraction of sp³-hybridized carbons (Fsp3) is 0.0930. The Hall–Kier alpha value is -10.9. The lowest BCUT2D eigenvalue weighted by Gasteiger charge is -2.46. The second-order valence-electron chi connectivity index (χ2n) is 26.9. The molecule has 4 nitrogen and oxygen atoms in total. The number of aromatic nitrogens is 2. The molecule has 13 aromatic carbocycles. The maximum absolute atomic E-state index is 2.69. The summed E-state index contributed by atoms with van der Waals surface area (Å²) in [6, 6.07) is 112. The molecule has 434 valence electrons. The Balaban J connectivity index is 0.969. The van der Waals surface area contributed by atoms with E-state index in [1.165, 1.54) is 122 Å². The smallest absolute Gasteiger partial charge is 0.252 e. The van der Waals surface area contributed by atoms with Gasteiger partial charge in [0.25, 0.3) is 6.71 Å². The molecule has 0 N–H and O–H groups in total. The lowest BCUT2D eigenvalue weighted by atomic mass is 9.33. The van der Waals surface area contributed by atoms with Crippen LogP contribution >= 0.6 is 0 Å². The van der Waals surface area contributed by atoms with Crippen LogP contribution in [-0.4, -0.2) is 15.8 Å². The van der Waals surface area contributed by atoms with Crippen molar-refractivity contribution in [1.29, 1.82) is 0 Å². The third-order valence-corrected chi connectivity index (χ3v) is 19.4. The van der Waals surface area contributed by atoms with Crippen molar-refractivity contribution in [3.63, 3.8) is 0 Å². The fourth-order valence-electron chi connectivity index (χ4n) is 14.9. The zero-order valence-electron chi connectivity index (χ0n) is 52.2. The van der Waals surface area contributed by atoms with E-state index in [0.29, 0.717) is 0 Å². The summed E-state index contributed by atoms with van der Waals surface area (Å²) in [6.07, 6.45) is 0. The summed E-state index contributed by atoms with van der Waals surface area (Å²) in [4.78, 5) is 5.30. The van der Waals surface area contributed by atoms with Crippen molar-refractivity contribution in [2.24, 2.45) is 0 Å². The molecular formula is C86H67BN4. The van der Waals surface area contributed by atoms with Gasteiger partial charge in [0.1, 0.15) is 0 Å². The van der Waals surface area contributed by atoms with Crippen molar-refractivity contribution in [2.45, 2.75) is 52.4 Å². The molecule has 0 amide bonds. The van der Waals surface area contributed by atoms with Crippen molar-refractivity contribution in [3.05, 3.63) is 308 Å². The van der Waals surface area contributed by atoms with Crippen LogP contribution in [0.1, 0.15) is 52.7 Å². The van der Waals surface area contributed by atoms with E-state index >= 15 is 0 Å². The summed E-state index contributed by atoms with van der Waals surface area (Å²) in [5.41, 5.74) is 29.3. The Morgan fingerprint density at radius 3 is 1.21 bits per heavy atom. The molecule has 0 bridgehead atoms. The maximum atomic E-state index is 2.69. The SMILES string of the molecule is CC(C)(C)c1cc(-c2ccccc2)c(N2c3cc(-c4ccccc4)ccc3B3c4ccc(-n5c6ccccc6c6cc(-n7c8ccccc8c8ccccc87)ccc65)cc4N(c4cccc(-c5ccccc5)c4)c4cc(C(C)(C)C)cc2c43)c(-c2ccccc2)c1. The van der Waals surface area contributed by atoms with Gasteiger partial charge in [0.2, 0.25) is 0 Å². The van der Waals surface area contributed by atoms with Gasteiger partial charge in [0, 0.05) is 72.5 Å². The van der Waals surface area contributed by atoms with Crippen LogP contribution in [0.4, 0.5) is 34.1 Å². The van der Waals surface area contributed by atoms with Crippen LogP contribution in [-0.2, 0) is 10.8 Å². The highest BCUT2D eigenvalue weighted by Gasteiger charge is 2.45. The van der Waals surface area contributed by atoms with Crippen molar-refractivity contribution >= 4 is 101 Å². The van der Waals surface area contributed by atoms with Crippen LogP contribution in [0.2, 0.25) is 0 Å². The topological polar surface area (TPSA) is 16.3 Å². The highest BCUT2D eigenvalue weighted by molar-refractivity contribution is 7.00. The van der Waals surface area contributed by atoms with E-state index in [-0.39, 0.29) is 17.5 Å².